The summed E-state index contributed by atoms with van der Waals surface area (Å²) in [7, 11) is 1.65. The number of aryl methyl sites for hydroxylation is 1. The van der Waals surface area contributed by atoms with Crippen LogP contribution in [0.2, 0.25) is 0 Å². The van der Waals surface area contributed by atoms with E-state index in [1.54, 1.807) is 7.05 Å². The zero-order valence-electron chi connectivity index (χ0n) is 19.1. The summed E-state index contributed by atoms with van der Waals surface area (Å²) < 4.78 is 1.44. The Bertz CT molecular complexity index is 1350. The molecule has 18 heteroatoms. The van der Waals surface area contributed by atoms with Gasteiger partial charge >= 0.3 is 11.9 Å². The van der Waals surface area contributed by atoms with E-state index in [2.05, 4.69) is 30.8 Å². The first-order chi connectivity index (χ1) is 18.1. The number of phenols is 1. The van der Waals surface area contributed by atoms with E-state index in [0.717, 1.165) is 4.90 Å². The lowest BCUT2D eigenvalue weighted by Crippen LogP contribution is -2.71. The first kappa shape index (κ1) is 27.7. The molecule has 2 aliphatic rings. The van der Waals surface area contributed by atoms with Crippen LogP contribution in [0.25, 0.3) is 0 Å². The predicted molar refractivity (Wildman–Crippen MR) is 135 cm³/mol. The van der Waals surface area contributed by atoms with Crippen molar-refractivity contribution in [2.24, 2.45) is 12.2 Å². The molecule has 2 atom stereocenters. The second-order valence-electron chi connectivity index (χ2n) is 7.69. The molecule has 1 aromatic carbocycles. The van der Waals surface area contributed by atoms with Crippen LogP contribution in [-0.2, 0) is 31.1 Å². The van der Waals surface area contributed by atoms with Crippen LogP contribution in [-0.4, -0.2) is 92.5 Å². The number of amides is 2. The Morgan fingerprint density at radius 2 is 2.03 bits per heavy atom. The van der Waals surface area contributed by atoms with Gasteiger partial charge in [0.25, 0.3) is 11.8 Å². The van der Waals surface area contributed by atoms with Gasteiger partial charge in [0.15, 0.2) is 5.71 Å². The normalized spacial score (nSPS) is 19.2. The number of alkyl halides is 2. The van der Waals surface area contributed by atoms with Crippen LogP contribution in [0.3, 0.4) is 0 Å². The van der Waals surface area contributed by atoms with E-state index < -0.39 is 45.7 Å². The number of hydrogen-bond donors (Lipinski definition) is 3. The lowest BCUT2D eigenvalue weighted by molar-refractivity contribution is -0.150. The number of tetrazole rings is 1. The number of thioether (sulfide) groups is 2. The molecule has 3 heterocycles. The van der Waals surface area contributed by atoms with E-state index in [-0.39, 0.29) is 28.5 Å². The van der Waals surface area contributed by atoms with Gasteiger partial charge < -0.3 is 20.4 Å². The van der Waals surface area contributed by atoms with Crippen molar-refractivity contribution in [3.63, 3.8) is 0 Å². The van der Waals surface area contributed by atoms with Crippen molar-refractivity contribution < 1.29 is 34.2 Å². The second kappa shape index (κ2) is 11.6. The molecule has 38 heavy (non-hydrogen) atoms. The molecule has 0 aliphatic carbocycles. The molecule has 1 aromatic heterocycles. The standard InChI is InChI=1S/C20H17Cl2N7O7S2/c1-28-20(24-26-27-28)38-7-9-6-37-17-12(16(32)29(17)13(9)18(33)34)23-15(31)11(25-36-19(35)14(21)22)8-2-4-10(30)5-3-8/h2-5,12,14,17,30H,6-7H2,1H3,(H,23,31)(H,33,34)/t12?,17-/m1/s1. The molecule has 0 spiro atoms. The maximum Gasteiger partial charge on any atom is 0.367 e. The number of benzene rings is 1. The summed E-state index contributed by atoms with van der Waals surface area (Å²) >= 11 is 13.4. The highest BCUT2D eigenvalue weighted by Crippen LogP contribution is 2.41. The second-order valence-corrected chi connectivity index (χ2v) is 10.8. The molecule has 2 aliphatic heterocycles. The van der Waals surface area contributed by atoms with E-state index in [1.807, 2.05) is 0 Å². The number of nitrogens with one attached hydrogen (secondary N) is 1. The molecule has 0 bridgehead atoms. The van der Waals surface area contributed by atoms with Crippen LogP contribution in [0.5, 0.6) is 5.75 Å². The minimum absolute atomic E-state index is 0.0899. The van der Waals surface area contributed by atoms with E-state index in [9.17, 15) is 29.4 Å². The number of carboxylic acids is 1. The van der Waals surface area contributed by atoms with Gasteiger partial charge in [-0.15, -0.1) is 16.9 Å². The molecule has 0 saturated carbocycles. The number of hydrogen-bond acceptors (Lipinski definition) is 12. The largest absolute Gasteiger partial charge is 0.508 e. The van der Waals surface area contributed by atoms with E-state index in [0.29, 0.717) is 10.7 Å². The van der Waals surface area contributed by atoms with Gasteiger partial charge in [-0.2, -0.15) is 0 Å². The van der Waals surface area contributed by atoms with Crippen molar-refractivity contribution in [1.29, 1.82) is 0 Å². The summed E-state index contributed by atoms with van der Waals surface area (Å²) in [6.45, 7) is 0. The van der Waals surface area contributed by atoms with Crippen molar-refractivity contribution in [3.8, 4) is 5.75 Å². The number of aromatic hydroxyl groups is 1. The molecular formula is C20H17Cl2N7O7S2. The highest BCUT2D eigenvalue weighted by Gasteiger charge is 2.54. The van der Waals surface area contributed by atoms with Gasteiger partial charge in [0, 0.05) is 24.1 Å². The van der Waals surface area contributed by atoms with Crippen molar-refractivity contribution in [2.75, 3.05) is 11.5 Å². The Labute approximate surface area is 232 Å². The minimum atomic E-state index is -1.55. The fourth-order valence-electron chi connectivity index (χ4n) is 3.47. The van der Waals surface area contributed by atoms with Crippen molar-refractivity contribution >= 4 is 76.2 Å². The molecular weight excluding hydrogens is 585 g/mol. The van der Waals surface area contributed by atoms with Crippen LogP contribution in [0.4, 0.5) is 0 Å². The number of fused-ring (bicyclic) bond motifs is 1. The molecule has 3 N–H and O–H groups in total. The Morgan fingerprint density at radius 3 is 2.63 bits per heavy atom. The Balaban J connectivity index is 1.52. The minimum Gasteiger partial charge on any atom is -0.508 e. The van der Waals surface area contributed by atoms with Gasteiger partial charge in [-0.05, 0) is 40.3 Å². The third kappa shape index (κ3) is 5.72. The van der Waals surface area contributed by atoms with Gasteiger partial charge in [-0.1, -0.05) is 40.1 Å². The number of oxime groups is 1. The molecule has 2 amide bonds. The average molecular weight is 602 g/mol. The lowest BCUT2D eigenvalue weighted by Gasteiger charge is -2.49. The Hall–Kier alpha value is -3.34. The molecule has 200 valence electrons. The monoisotopic (exact) mass is 601 g/mol. The summed E-state index contributed by atoms with van der Waals surface area (Å²) in [5.74, 6) is -3.52. The number of β-lactam (4-membered cyclic amide) rings is 1. The average Bonchev–Trinajstić information content (AvgIpc) is 3.30. The summed E-state index contributed by atoms with van der Waals surface area (Å²) in [6, 6.07) is 4.16. The summed E-state index contributed by atoms with van der Waals surface area (Å²) in [5.41, 5.74) is 0.0866. The van der Waals surface area contributed by atoms with E-state index in [4.69, 9.17) is 23.2 Å². The highest BCUT2D eigenvalue weighted by molar-refractivity contribution is 8.01. The van der Waals surface area contributed by atoms with Crippen LogP contribution >= 0.6 is 46.7 Å². The third-order valence-corrected chi connectivity index (χ3v) is 8.05. The number of aromatic nitrogens is 4. The van der Waals surface area contributed by atoms with Gasteiger partial charge in [0.05, 0.1) is 0 Å². The van der Waals surface area contributed by atoms with Gasteiger partial charge in [-0.3, -0.25) is 14.5 Å². The molecule has 4 rings (SSSR count). The number of carbonyl (C=O) groups excluding carboxylic acids is 3. The molecule has 1 unspecified atom stereocenters. The number of phenolic OH excluding ortho intramolecular Hbond substituents is 1. The van der Waals surface area contributed by atoms with Crippen LogP contribution in [0, 0.1) is 0 Å². The topological polar surface area (TPSA) is 189 Å². The fraction of sp³-hybridized carbons (Fsp3) is 0.300. The number of nitrogens with zero attached hydrogens (tertiary/aromatic N) is 6. The molecule has 1 fully saturated rings. The number of rotatable bonds is 9. The first-order valence-electron chi connectivity index (χ1n) is 10.5. The van der Waals surface area contributed by atoms with Gasteiger partial charge in [0.2, 0.25) is 9.99 Å². The number of halogens is 2. The van der Waals surface area contributed by atoms with Crippen molar-refractivity contribution in [3.05, 3.63) is 41.1 Å². The van der Waals surface area contributed by atoms with E-state index >= 15 is 0 Å². The zero-order valence-corrected chi connectivity index (χ0v) is 22.3. The van der Waals surface area contributed by atoms with Crippen LogP contribution in [0.15, 0.2) is 45.8 Å². The van der Waals surface area contributed by atoms with Crippen LogP contribution in [0.1, 0.15) is 5.56 Å². The van der Waals surface area contributed by atoms with Gasteiger partial charge in [0.1, 0.15) is 22.9 Å². The third-order valence-electron chi connectivity index (χ3n) is 5.25. The number of carbonyl (C=O) groups is 4. The molecule has 2 aromatic rings. The maximum absolute atomic E-state index is 13.1. The SMILES string of the molecule is Cn1nnnc1SCC1=C(C(=O)O)N2C(=O)C(NC(=O)C(=NOC(=O)C(Cl)Cl)c3ccc(O)cc3)[C@H]2SC1. The smallest absolute Gasteiger partial charge is 0.367 e. The van der Waals surface area contributed by atoms with Crippen molar-refractivity contribution in [2.45, 2.75) is 21.4 Å². The lowest BCUT2D eigenvalue weighted by atomic mass is 10.0. The quantitative estimate of drug-likeness (QED) is 0.0902. The maximum atomic E-state index is 13.1. The molecule has 0 radical (unpaired) electrons. The van der Waals surface area contributed by atoms with Crippen molar-refractivity contribution in [1.82, 2.24) is 30.4 Å². The highest BCUT2D eigenvalue weighted by atomic mass is 35.5. The summed E-state index contributed by atoms with van der Waals surface area (Å²) in [5, 5.41) is 36.3. The molecule has 14 nitrogen and oxygen atoms in total. The fourth-order valence-corrected chi connectivity index (χ4v) is 5.89. The predicted octanol–water partition coefficient (Wildman–Crippen LogP) is 0.498. The number of carboxylic acid groups (broad SMARTS) is 1. The summed E-state index contributed by atoms with van der Waals surface area (Å²) in [6.07, 6.45) is 0. The Kier molecular flexibility index (Phi) is 8.44. The zero-order chi connectivity index (χ0) is 27.6. The summed E-state index contributed by atoms with van der Waals surface area (Å²) in [4.78, 5) is 54.0. The molecule has 1 saturated heterocycles. The Morgan fingerprint density at radius 1 is 1.32 bits per heavy atom. The van der Waals surface area contributed by atoms with Crippen LogP contribution < -0.4 is 5.32 Å². The number of aliphatic carboxylic acids is 1. The first-order valence-corrected chi connectivity index (χ1v) is 13.4. The van der Waals surface area contributed by atoms with E-state index in [1.165, 1.54) is 52.5 Å². The van der Waals surface area contributed by atoms with Gasteiger partial charge in [-0.25, -0.2) is 14.3 Å².